The van der Waals surface area contributed by atoms with Crippen LogP contribution in [0.5, 0.6) is 5.19 Å². The van der Waals surface area contributed by atoms with Crippen molar-refractivity contribution in [3.05, 3.63) is 28.2 Å². The van der Waals surface area contributed by atoms with E-state index in [0.29, 0.717) is 11.8 Å². The molecule has 0 saturated heterocycles. The molecule has 5 heteroatoms. The third-order valence-corrected chi connectivity index (χ3v) is 2.65. The molecule has 0 aliphatic rings. The maximum Gasteiger partial charge on any atom is 0.273 e. The van der Waals surface area contributed by atoms with E-state index in [1.54, 1.807) is 23.7 Å². The molecular weight excluding hydrogens is 192 g/mol. The van der Waals surface area contributed by atoms with Crippen LogP contribution in [0, 0.1) is 0 Å². The van der Waals surface area contributed by atoms with Gasteiger partial charge in [0.05, 0.1) is 0 Å². The molecule has 0 saturated carbocycles. The number of hydrogen-bond acceptors (Lipinski definition) is 5. The summed E-state index contributed by atoms with van der Waals surface area (Å²) in [4.78, 5) is 8.07. The maximum atomic E-state index is 5.35. The minimum absolute atomic E-state index is 0.519. The summed E-state index contributed by atoms with van der Waals surface area (Å²) in [6.07, 6.45) is 3.49. The van der Waals surface area contributed by atoms with E-state index in [2.05, 4.69) is 9.97 Å². The largest absolute Gasteiger partial charge is 0.463 e. The molecule has 2 heterocycles. The maximum absolute atomic E-state index is 5.35. The fourth-order valence-corrected chi connectivity index (χ4v) is 1.74. The third kappa shape index (κ3) is 1.80. The Balaban J connectivity index is 1.91. The predicted octanol–water partition coefficient (Wildman–Crippen LogP) is 2.18. The number of aromatic nitrogens is 2. The highest BCUT2D eigenvalue weighted by molar-refractivity contribution is 7.11. The molecule has 0 aliphatic carbocycles. The van der Waals surface area contributed by atoms with E-state index in [9.17, 15) is 0 Å². The van der Waals surface area contributed by atoms with Gasteiger partial charge in [0, 0.05) is 23.2 Å². The van der Waals surface area contributed by atoms with Crippen LogP contribution in [-0.2, 0) is 6.61 Å². The minimum atomic E-state index is 0.519. The van der Waals surface area contributed by atoms with E-state index in [1.807, 2.05) is 10.8 Å². The number of thiazole rings is 2. The Morgan fingerprint density at radius 3 is 2.67 bits per heavy atom. The quantitative estimate of drug-likeness (QED) is 0.758. The first-order valence-corrected chi connectivity index (χ1v) is 5.12. The lowest BCUT2D eigenvalue weighted by atomic mass is 10.7. The second-order valence-corrected chi connectivity index (χ2v) is 3.85. The van der Waals surface area contributed by atoms with Gasteiger partial charge < -0.3 is 4.74 Å². The van der Waals surface area contributed by atoms with Gasteiger partial charge >= 0.3 is 0 Å². The Bertz CT molecular complexity index is 283. The van der Waals surface area contributed by atoms with Gasteiger partial charge in [0.1, 0.15) is 11.6 Å². The molecule has 62 valence electrons. The lowest BCUT2D eigenvalue weighted by molar-refractivity contribution is 0.304. The smallest absolute Gasteiger partial charge is 0.273 e. The Morgan fingerprint density at radius 1 is 1.17 bits per heavy atom. The Hall–Kier alpha value is -0.940. The van der Waals surface area contributed by atoms with Gasteiger partial charge in [-0.1, -0.05) is 11.3 Å². The highest BCUT2D eigenvalue weighted by Gasteiger charge is 1.98. The van der Waals surface area contributed by atoms with Crippen molar-refractivity contribution in [2.75, 3.05) is 0 Å². The SMILES string of the molecule is c1csc(COc2nccs2)n1. The molecule has 0 aliphatic heterocycles. The topological polar surface area (TPSA) is 35.0 Å². The van der Waals surface area contributed by atoms with Crippen molar-refractivity contribution in [2.45, 2.75) is 6.61 Å². The van der Waals surface area contributed by atoms with Crippen LogP contribution in [0.3, 0.4) is 0 Å². The predicted molar refractivity (Wildman–Crippen MR) is 48.6 cm³/mol. The Labute approximate surface area is 77.7 Å². The molecule has 0 fully saturated rings. The van der Waals surface area contributed by atoms with Gasteiger partial charge in [0.2, 0.25) is 0 Å². The lowest BCUT2D eigenvalue weighted by Gasteiger charge is -1.96. The molecule has 0 atom stereocenters. The van der Waals surface area contributed by atoms with Crippen LogP contribution in [-0.4, -0.2) is 9.97 Å². The Morgan fingerprint density at radius 2 is 2.00 bits per heavy atom. The van der Waals surface area contributed by atoms with Crippen LogP contribution in [0.1, 0.15) is 5.01 Å². The zero-order valence-corrected chi connectivity index (χ0v) is 7.77. The minimum Gasteiger partial charge on any atom is -0.463 e. The molecule has 12 heavy (non-hydrogen) atoms. The second-order valence-electron chi connectivity index (χ2n) is 2.01. The Kier molecular flexibility index (Phi) is 2.33. The molecule has 0 unspecified atom stereocenters. The molecule has 2 aromatic heterocycles. The van der Waals surface area contributed by atoms with Gasteiger partial charge in [-0.05, 0) is 0 Å². The standard InChI is InChI=1S/C7H6N2OS2/c1-3-11-6(8-1)5-10-7-9-2-4-12-7/h1-4H,5H2. The summed E-state index contributed by atoms with van der Waals surface area (Å²) in [5, 5.41) is 5.49. The van der Waals surface area contributed by atoms with Gasteiger partial charge in [-0.2, -0.15) is 0 Å². The van der Waals surface area contributed by atoms with Crippen LogP contribution in [0.25, 0.3) is 0 Å². The molecular formula is C7H6N2OS2. The van der Waals surface area contributed by atoms with Gasteiger partial charge in [-0.25, -0.2) is 9.97 Å². The van der Waals surface area contributed by atoms with Crippen LogP contribution < -0.4 is 4.74 Å². The van der Waals surface area contributed by atoms with Crippen molar-refractivity contribution in [1.29, 1.82) is 0 Å². The molecule has 2 rings (SSSR count). The molecule has 3 nitrogen and oxygen atoms in total. The van der Waals surface area contributed by atoms with Crippen molar-refractivity contribution in [1.82, 2.24) is 9.97 Å². The van der Waals surface area contributed by atoms with E-state index in [-0.39, 0.29) is 0 Å². The van der Waals surface area contributed by atoms with Crippen molar-refractivity contribution in [3.63, 3.8) is 0 Å². The van der Waals surface area contributed by atoms with Crippen molar-refractivity contribution in [3.8, 4) is 5.19 Å². The van der Waals surface area contributed by atoms with Crippen LogP contribution in [0.2, 0.25) is 0 Å². The summed E-state index contributed by atoms with van der Waals surface area (Å²) >= 11 is 3.07. The number of nitrogens with zero attached hydrogens (tertiary/aromatic N) is 2. The summed E-state index contributed by atoms with van der Waals surface area (Å²) < 4.78 is 5.35. The first-order chi connectivity index (χ1) is 5.95. The van der Waals surface area contributed by atoms with E-state index in [4.69, 9.17) is 4.74 Å². The fraction of sp³-hybridized carbons (Fsp3) is 0.143. The molecule has 0 N–H and O–H groups in total. The second kappa shape index (κ2) is 3.64. The molecule has 0 amide bonds. The zero-order valence-electron chi connectivity index (χ0n) is 6.14. The average Bonchev–Trinajstić information content (AvgIpc) is 2.74. The summed E-state index contributed by atoms with van der Waals surface area (Å²) in [5.74, 6) is 0. The van der Waals surface area contributed by atoms with Crippen LogP contribution in [0.4, 0.5) is 0 Å². The summed E-state index contributed by atoms with van der Waals surface area (Å²) in [6, 6.07) is 0. The molecule has 0 bridgehead atoms. The fourth-order valence-electron chi connectivity index (χ4n) is 0.729. The highest BCUT2D eigenvalue weighted by Crippen LogP contribution is 2.15. The van der Waals surface area contributed by atoms with E-state index in [0.717, 1.165) is 5.01 Å². The van der Waals surface area contributed by atoms with Gasteiger partial charge in [0.15, 0.2) is 0 Å². The monoisotopic (exact) mass is 198 g/mol. The molecule has 0 radical (unpaired) electrons. The van der Waals surface area contributed by atoms with E-state index >= 15 is 0 Å². The van der Waals surface area contributed by atoms with E-state index < -0.39 is 0 Å². The number of rotatable bonds is 3. The van der Waals surface area contributed by atoms with Gasteiger partial charge in [-0.15, -0.1) is 11.3 Å². The number of ether oxygens (including phenoxy) is 1. The van der Waals surface area contributed by atoms with E-state index in [1.165, 1.54) is 11.3 Å². The lowest BCUT2D eigenvalue weighted by Crippen LogP contribution is -1.93. The average molecular weight is 198 g/mol. The first kappa shape index (κ1) is 7.70. The molecule has 0 spiro atoms. The molecule has 2 aromatic rings. The first-order valence-electron chi connectivity index (χ1n) is 3.36. The number of hydrogen-bond donors (Lipinski definition) is 0. The normalized spacial score (nSPS) is 10.0. The summed E-state index contributed by atoms with van der Waals surface area (Å²) in [7, 11) is 0. The third-order valence-electron chi connectivity index (χ3n) is 1.21. The van der Waals surface area contributed by atoms with Crippen molar-refractivity contribution >= 4 is 22.7 Å². The highest BCUT2D eigenvalue weighted by atomic mass is 32.1. The summed E-state index contributed by atoms with van der Waals surface area (Å²) in [6.45, 7) is 0.519. The van der Waals surface area contributed by atoms with Crippen molar-refractivity contribution < 1.29 is 4.74 Å². The van der Waals surface area contributed by atoms with Gasteiger partial charge in [0.25, 0.3) is 5.19 Å². The molecule has 0 aromatic carbocycles. The summed E-state index contributed by atoms with van der Waals surface area (Å²) in [5.41, 5.74) is 0. The van der Waals surface area contributed by atoms with Crippen LogP contribution in [0.15, 0.2) is 23.2 Å². The van der Waals surface area contributed by atoms with Crippen molar-refractivity contribution in [2.24, 2.45) is 0 Å². The van der Waals surface area contributed by atoms with Crippen LogP contribution >= 0.6 is 22.7 Å². The zero-order chi connectivity index (χ0) is 8.23. The van der Waals surface area contributed by atoms with Gasteiger partial charge in [-0.3, -0.25) is 0 Å².